The number of rotatable bonds is 0. The van der Waals surface area contributed by atoms with Crippen LogP contribution in [0.4, 0.5) is 0 Å². The van der Waals surface area contributed by atoms with Crippen LogP contribution in [-0.2, 0) is 4.74 Å². The number of fused-ring (bicyclic) bond motifs is 3. The third-order valence-corrected chi connectivity index (χ3v) is 8.79. The van der Waals surface area contributed by atoms with Gasteiger partial charge in [0.15, 0.2) is 0 Å². The minimum Gasteiger partial charge on any atom is -0.492 e. The van der Waals surface area contributed by atoms with Crippen molar-refractivity contribution in [2.45, 2.75) is 96.0 Å². The summed E-state index contributed by atoms with van der Waals surface area (Å²) in [6.45, 7) is 9.85. The molecule has 1 heterocycles. The van der Waals surface area contributed by atoms with Crippen LogP contribution < -0.4 is 0 Å². The van der Waals surface area contributed by atoms with Crippen molar-refractivity contribution in [3.63, 3.8) is 0 Å². The van der Waals surface area contributed by atoms with Crippen molar-refractivity contribution < 1.29 is 4.74 Å². The van der Waals surface area contributed by atoms with Crippen LogP contribution in [0.25, 0.3) is 0 Å². The number of nitrogens with zero attached hydrogens (tertiary/aromatic N) is 1. The van der Waals surface area contributed by atoms with Crippen LogP contribution >= 0.6 is 11.6 Å². The SMILES string of the molecule is CC1(C)CCC[C@]2(C)[C@H]3CC4=C(CCC(Cl)(C#N)C4)O[C@]3(C)CC[C@@H]12. The normalized spacial score (nSPS) is 48.5. The van der Waals surface area contributed by atoms with Crippen molar-refractivity contribution in [1.82, 2.24) is 0 Å². The molecule has 0 amide bonds. The van der Waals surface area contributed by atoms with Gasteiger partial charge in [0.25, 0.3) is 0 Å². The monoisotopic (exact) mass is 361 g/mol. The molecule has 2 saturated carbocycles. The number of halogens is 1. The van der Waals surface area contributed by atoms with E-state index in [-0.39, 0.29) is 5.60 Å². The van der Waals surface area contributed by atoms with E-state index < -0.39 is 4.87 Å². The van der Waals surface area contributed by atoms with Gasteiger partial charge in [-0.15, -0.1) is 11.6 Å². The van der Waals surface area contributed by atoms with E-state index in [0.717, 1.165) is 25.2 Å². The van der Waals surface area contributed by atoms with Crippen molar-refractivity contribution in [2.75, 3.05) is 0 Å². The standard InChI is InChI=1S/C22H32ClNO/c1-19(2)8-5-9-20(3)17(19)7-10-21(4)18(20)12-15-13-22(23,14-24)11-6-16(15)25-21/h17-18H,5-13H2,1-4H3/t17-,18+,20-,21+,22?/m0/s1. The van der Waals surface area contributed by atoms with Gasteiger partial charge in [-0.2, -0.15) is 5.26 Å². The largest absolute Gasteiger partial charge is 0.492 e. The van der Waals surface area contributed by atoms with E-state index >= 15 is 0 Å². The number of hydrogen-bond donors (Lipinski definition) is 0. The highest BCUT2D eigenvalue weighted by atomic mass is 35.5. The van der Waals surface area contributed by atoms with Crippen LogP contribution in [0, 0.1) is 34.0 Å². The summed E-state index contributed by atoms with van der Waals surface area (Å²) in [6, 6.07) is 2.35. The van der Waals surface area contributed by atoms with Gasteiger partial charge in [0.1, 0.15) is 10.5 Å². The molecule has 4 rings (SSSR count). The van der Waals surface area contributed by atoms with Gasteiger partial charge in [0, 0.05) is 18.8 Å². The van der Waals surface area contributed by atoms with Crippen molar-refractivity contribution in [2.24, 2.45) is 22.7 Å². The first kappa shape index (κ1) is 17.7. The Kier molecular flexibility index (Phi) is 3.84. The summed E-state index contributed by atoms with van der Waals surface area (Å²) in [5.41, 5.74) is 2.08. The van der Waals surface area contributed by atoms with Crippen molar-refractivity contribution >= 4 is 11.6 Å². The molecule has 2 fully saturated rings. The molecule has 2 nitrogen and oxygen atoms in total. The fourth-order valence-corrected chi connectivity index (χ4v) is 7.38. The zero-order valence-electron chi connectivity index (χ0n) is 16.3. The van der Waals surface area contributed by atoms with Gasteiger partial charge in [-0.25, -0.2) is 0 Å². The summed E-state index contributed by atoms with van der Waals surface area (Å²) >= 11 is 6.56. The van der Waals surface area contributed by atoms with Gasteiger partial charge in [-0.1, -0.05) is 27.2 Å². The van der Waals surface area contributed by atoms with Gasteiger partial charge < -0.3 is 4.74 Å². The van der Waals surface area contributed by atoms with Crippen molar-refractivity contribution in [3.05, 3.63) is 11.3 Å². The second kappa shape index (κ2) is 5.41. The van der Waals surface area contributed by atoms with E-state index in [4.69, 9.17) is 16.3 Å². The molecule has 0 aromatic heterocycles. The van der Waals surface area contributed by atoms with Crippen LogP contribution in [0.5, 0.6) is 0 Å². The molecule has 0 aromatic carbocycles. The number of allylic oxidation sites excluding steroid dienone is 2. The molecule has 0 bridgehead atoms. The third-order valence-electron chi connectivity index (χ3n) is 8.38. The van der Waals surface area contributed by atoms with E-state index in [1.165, 1.54) is 43.4 Å². The van der Waals surface area contributed by atoms with Crippen LogP contribution in [0.2, 0.25) is 0 Å². The Morgan fingerprint density at radius 3 is 2.56 bits per heavy atom. The molecular formula is C22H32ClNO. The van der Waals surface area contributed by atoms with Crippen LogP contribution in [-0.4, -0.2) is 10.5 Å². The quantitative estimate of drug-likeness (QED) is 0.471. The highest BCUT2D eigenvalue weighted by Crippen LogP contribution is 2.66. The molecule has 0 saturated heterocycles. The fraction of sp³-hybridized carbons (Fsp3) is 0.864. The molecule has 1 aliphatic heterocycles. The molecule has 0 radical (unpaired) electrons. The van der Waals surface area contributed by atoms with Crippen LogP contribution in [0.15, 0.2) is 11.3 Å². The number of ether oxygens (including phenoxy) is 1. The zero-order valence-corrected chi connectivity index (χ0v) is 17.0. The maximum absolute atomic E-state index is 9.49. The minimum absolute atomic E-state index is 0.0313. The lowest BCUT2D eigenvalue weighted by Gasteiger charge is -2.64. The van der Waals surface area contributed by atoms with E-state index in [1.807, 2.05) is 0 Å². The van der Waals surface area contributed by atoms with Gasteiger partial charge in [-0.3, -0.25) is 0 Å². The summed E-state index contributed by atoms with van der Waals surface area (Å²) < 4.78 is 6.71. The lowest BCUT2D eigenvalue weighted by molar-refractivity contribution is -0.186. The van der Waals surface area contributed by atoms with E-state index in [2.05, 4.69) is 33.8 Å². The summed E-state index contributed by atoms with van der Waals surface area (Å²) in [5.74, 6) is 2.50. The summed E-state index contributed by atoms with van der Waals surface area (Å²) in [4.78, 5) is -0.712. The highest BCUT2D eigenvalue weighted by Gasteiger charge is 2.61. The Morgan fingerprint density at radius 1 is 1.08 bits per heavy atom. The maximum atomic E-state index is 9.49. The van der Waals surface area contributed by atoms with E-state index in [0.29, 0.717) is 23.2 Å². The van der Waals surface area contributed by atoms with Gasteiger partial charge in [0.2, 0.25) is 0 Å². The number of nitriles is 1. The summed E-state index contributed by atoms with van der Waals surface area (Å²) in [5, 5.41) is 9.49. The van der Waals surface area contributed by atoms with Crippen molar-refractivity contribution in [1.29, 1.82) is 5.26 Å². The Hall–Kier alpha value is -0.680. The van der Waals surface area contributed by atoms with Gasteiger partial charge >= 0.3 is 0 Å². The lowest BCUT2D eigenvalue weighted by atomic mass is 9.44. The second-order valence-corrected chi connectivity index (χ2v) is 11.1. The number of alkyl halides is 1. The average Bonchev–Trinajstić information content (AvgIpc) is 2.53. The predicted octanol–water partition coefficient (Wildman–Crippen LogP) is 6.35. The van der Waals surface area contributed by atoms with Crippen LogP contribution in [0.3, 0.4) is 0 Å². The fourth-order valence-electron chi connectivity index (χ4n) is 7.12. The topological polar surface area (TPSA) is 33.0 Å². The van der Waals surface area contributed by atoms with Crippen LogP contribution in [0.1, 0.15) is 85.5 Å². The molecule has 5 atom stereocenters. The average molecular weight is 362 g/mol. The molecular weight excluding hydrogens is 330 g/mol. The lowest BCUT2D eigenvalue weighted by Crippen LogP contribution is -2.59. The summed E-state index contributed by atoms with van der Waals surface area (Å²) in [7, 11) is 0. The van der Waals surface area contributed by atoms with Gasteiger partial charge in [-0.05, 0) is 67.8 Å². The molecule has 0 aromatic rings. The van der Waals surface area contributed by atoms with Crippen molar-refractivity contribution in [3.8, 4) is 6.07 Å². The van der Waals surface area contributed by atoms with E-state index in [9.17, 15) is 5.26 Å². The molecule has 4 aliphatic rings. The first-order valence-corrected chi connectivity index (χ1v) is 10.5. The van der Waals surface area contributed by atoms with E-state index in [1.54, 1.807) is 0 Å². The Labute approximate surface area is 157 Å². The first-order valence-electron chi connectivity index (χ1n) is 10.1. The number of hydrogen-bond acceptors (Lipinski definition) is 2. The molecule has 0 spiro atoms. The Morgan fingerprint density at radius 2 is 1.84 bits per heavy atom. The second-order valence-electron chi connectivity index (χ2n) is 10.4. The molecule has 1 unspecified atom stereocenters. The molecule has 3 heteroatoms. The predicted molar refractivity (Wildman–Crippen MR) is 101 cm³/mol. The first-order chi connectivity index (χ1) is 11.6. The third kappa shape index (κ3) is 2.56. The molecule has 138 valence electrons. The molecule has 0 N–H and O–H groups in total. The molecule has 25 heavy (non-hydrogen) atoms. The molecule has 3 aliphatic carbocycles. The Bertz CT molecular complexity index is 661. The smallest absolute Gasteiger partial charge is 0.135 e. The summed E-state index contributed by atoms with van der Waals surface area (Å²) in [6.07, 6.45) is 9.79. The zero-order chi connectivity index (χ0) is 18.1. The van der Waals surface area contributed by atoms with Gasteiger partial charge in [0.05, 0.1) is 11.8 Å². The minimum atomic E-state index is -0.712. The Balaban J connectivity index is 1.70. The highest BCUT2D eigenvalue weighted by molar-refractivity contribution is 6.26. The maximum Gasteiger partial charge on any atom is 0.135 e.